The van der Waals surface area contributed by atoms with Gasteiger partial charge in [0.05, 0.1) is 28.0 Å². The van der Waals surface area contributed by atoms with E-state index in [1.165, 1.54) is 23.7 Å². The minimum Gasteiger partial charge on any atom is -0.308 e. The lowest BCUT2D eigenvalue weighted by atomic mass is 9.97. The van der Waals surface area contributed by atoms with E-state index in [9.17, 15) is 18.4 Å². The highest BCUT2D eigenvalue weighted by atomic mass is 32.2. The van der Waals surface area contributed by atoms with Crippen LogP contribution in [0.1, 0.15) is 32.4 Å². The number of hydrogen-bond acceptors (Lipinski definition) is 7. The number of halogens is 3. The zero-order chi connectivity index (χ0) is 24.0. The predicted molar refractivity (Wildman–Crippen MR) is 128 cm³/mol. The Labute approximate surface area is 199 Å². The Morgan fingerprint density at radius 1 is 1.42 bits per heavy atom. The van der Waals surface area contributed by atoms with Crippen molar-refractivity contribution in [3.8, 4) is 6.07 Å². The molecule has 0 spiro atoms. The van der Waals surface area contributed by atoms with E-state index >= 15 is 0 Å². The van der Waals surface area contributed by atoms with Crippen molar-refractivity contribution in [2.24, 2.45) is 0 Å². The summed E-state index contributed by atoms with van der Waals surface area (Å²) < 4.78 is 40.5. The largest absolute Gasteiger partial charge is 0.404 e. The summed E-state index contributed by atoms with van der Waals surface area (Å²) >= 11 is 2.38. The molecule has 1 aliphatic heterocycles. The van der Waals surface area contributed by atoms with Crippen LogP contribution in [-0.2, 0) is 0 Å². The number of aromatic nitrogens is 1. The number of nitrogens with zero attached hydrogens (tertiary/aromatic N) is 3. The fourth-order valence-corrected chi connectivity index (χ4v) is 4.44. The fraction of sp³-hybridized carbons (Fsp3) is 0.261. The number of nitriles is 1. The van der Waals surface area contributed by atoms with Crippen molar-refractivity contribution in [1.29, 1.82) is 10.7 Å². The molecule has 0 bridgehead atoms. The van der Waals surface area contributed by atoms with Gasteiger partial charge in [-0.2, -0.15) is 18.4 Å². The van der Waals surface area contributed by atoms with Crippen molar-refractivity contribution in [3.63, 3.8) is 0 Å². The second kappa shape index (κ2) is 10.8. The number of thiophene rings is 1. The topological polar surface area (TPSA) is 75.8 Å². The van der Waals surface area contributed by atoms with Crippen LogP contribution in [0.3, 0.4) is 0 Å². The van der Waals surface area contributed by atoms with Gasteiger partial charge in [-0.15, -0.1) is 11.3 Å². The van der Waals surface area contributed by atoms with Crippen molar-refractivity contribution in [2.45, 2.75) is 43.8 Å². The maximum absolute atomic E-state index is 12.7. The third-order valence-electron chi connectivity index (χ3n) is 4.87. The number of anilines is 1. The number of hydrogen-bond donors (Lipinski definition) is 2. The summed E-state index contributed by atoms with van der Waals surface area (Å²) in [6, 6.07) is 7.87. The Hall–Kier alpha value is -2.87. The second-order valence-electron chi connectivity index (χ2n) is 7.22. The molecule has 1 unspecified atom stereocenters. The van der Waals surface area contributed by atoms with Gasteiger partial charge in [0.15, 0.2) is 0 Å². The molecule has 0 radical (unpaired) electrons. The fourth-order valence-electron chi connectivity index (χ4n) is 3.04. The number of nitrogens with one attached hydrogen (secondary N) is 2. The Balaban J connectivity index is 1.93. The molecule has 0 amide bonds. The lowest BCUT2D eigenvalue weighted by Crippen LogP contribution is -2.35. The third kappa shape index (κ3) is 6.13. The molecule has 0 saturated carbocycles. The summed E-state index contributed by atoms with van der Waals surface area (Å²) in [5, 5.41) is 20.3. The Morgan fingerprint density at radius 3 is 2.76 bits per heavy atom. The standard InChI is InChI=1S/C23H22F3N5S2/c1-3-16(11-27)9-17-10-18(12-28)22(31(14-17)21-5-4-8-32-21)20-7-6-19(13-29-20)33-30-15(2)23(24,25)26/h4-9,11,13-15,27,30H,3,10H2,1-2H3/b16-9-,27-11?. The lowest BCUT2D eigenvalue weighted by Gasteiger charge is -2.28. The van der Waals surface area contributed by atoms with E-state index in [-0.39, 0.29) is 0 Å². The highest BCUT2D eigenvalue weighted by molar-refractivity contribution is 7.97. The van der Waals surface area contributed by atoms with Gasteiger partial charge in [-0.25, -0.2) is 4.72 Å². The smallest absolute Gasteiger partial charge is 0.308 e. The highest BCUT2D eigenvalue weighted by Crippen LogP contribution is 2.38. The van der Waals surface area contributed by atoms with Crippen LogP contribution in [0.4, 0.5) is 18.2 Å². The lowest BCUT2D eigenvalue weighted by molar-refractivity contribution is -0.146. The van der Waals surface area contributed by atoms with Gasteiger partial charge in [-0.1, -0.05) is 13.0 Å². The van der Waals surface area contributed by atoms with E-state index < -0.39 is 12.2 Å². The van der Waals surface area contributed by atoms with Gasteiger partial charge in [-0.3, -0.25) is 4.98 Å². The van der Waals surface area contributed by atoms with Crippen LogP contribution in [0.15, 0.2) is 69.7 Å². The first-order chi connectivity index (χ1) is 15.8. The van der Waals surface area contributed by atoms with Gasteiger partial charge < -0.3 is 10.3 Å². The summed E-state index contributed by atoms with van der Waals surface area (Å²) in [6.07, 6.45) is 3.44. The number of alkyl halides is 3. The maximum Gasteiger partial charge on any atom is 0.404 e. The molecule has 2 aromatic rings. The van der Waals surface area contributed by atoms with E-state index in [2.05, 4.69) is 15.8 Å². The normalized spacial score (nSPS) is 15.8. The van der Waals surface area contributed by atoms with Crippen LogP contribution in [0, 0.1) is 16.7 Å². The average molecular weight is 490 g/mol. The van der Waals surface area contributed by atoms with Crippen molar-refractivity contribution >= 4 is 40.2 Å². The minimum atomic E-state index is -4.33. The van der Waals surface area contributed by atoms with Gasteiger partial charge in [0.1, 0.15) is 6.04 Å². The van der Waals surface area contributed by atoms with E-state index in [0.717, 1.165) is 35.0 Å². The SMILES string of the molecule is CC/C(C=N)=C/C1=CN(c2cccs2)C(c2ccc(SNC(C)C(F)(F)F)cn2)=C(C#N)C1. The molecule has 0 fully saturated rings. The molecule has 0 saturated heterocycles. The van der Waals surface area contributed by atoms with Gasteiger partial charge in [0, 0.05) is 29.9 Å². The predicted octanol–water partition coefficient (Wildman–Crippen LogP) is 6.71. The van der Waals surface area contributed by atoms with E-state index in [4.69, 9.17) is 5.41 Å². The molecular weight excluding hydrogens is 467 g/mol. The zero-order valence-electron chi connectivity index (χ0n) is 18.0. The van der Waals surface area contributed by atoms with Gasteiger partial charge in [0.25, 0.3) is 0 Å². The Bertz CT molecular complexity index is 1110. The monoisotopic (exact) mass is 489 g/mol. The zero-order valence-corrected chi connectivity index (χ0v) is 19.6. The Kier molecular flexibility index (Phi) is 8.13. The first-order valence-electron chi connectivity index (χ1n) is 10.1. The first kappa shape index (κ1) is 24.8. The van der Waals surface area contributed by atoms with Crippen molar-refractivity contribution < 1.29 is 13.2 Å². The van der Waals surface area contributed by atoms with Crippen molar-refractivity contribution in [3.05, 3.63) is 70.5 Å². The number of allylic oxidation sites excluding steroid dienone is 4. The molecule has 5 nitrogen and oxygen atoms in total. The molecule has 0 aliphatic carbocycles. The quantitative estimate of drug-likeness (QED) is 0.319. The molecular formula is C23H22F3N5S2. The molecule has 10 heteroatoms. The van der Waals surface area contributed by atoms with Crippen molar-refractivity contribution in [1.82, 2.24) is 9.71 Å². The van der Waals surface area contributed by atoms with Crippen LogP contribution in [0.5, 0.6) is 0 Å². The van der Waals surface area contributed by atoms with E-state index in [1.54, 1.807) is 12.1 Å². The highest BCUT2D eigenvalue weighted by Gasteiger charge is 2.35. The summed E-state index contributed by atoms with van der Waals surface area (Å²) in [7, 11) is 0. The third-order valence-corrected chi connectivity index (χ3v) is 6.69. The summed E-state index contributed by atoms with van der Waals surface area (Å²) in [6.45, 7) is 3.03. The summed E-state index contributed by atoms with van der Waals surface area (Å²) in [5.74, 6) is 0. The molecule has 3 heterocycles. The van der Waals surface area contributed by atoms with E-state index in [1.807, 2.05) is 41.6 Å². The molecule has 2 N–H and O–H groups in total. The molecule has 1 aliphatic rings. The average Bonchev–Trinajstić information content (AvgIpc) is 3.35. The second-order valence-corrected chi connectivity index (χ2v) is 9.06. The summed E-state index contributed by atoms with van der Waals surface area (Å²) in [5.41, 5.74) is 3.47. The maximum atomic E-state index is 12.7. The van der Waals surface area contributed by atoms with Gasteiger partial charge in [-0.05, 0) is 66.1 Å². The molecule has 172 valence electrons. The number of rotatable bonds is 8. The van der Waals surface area contributed by atoms with Crippen LogP contribution in [-0.4, -0.2) is 23.4 Å². The van der Waals surface area contributed by atoms with Crippen LogP contribution < -0.4 is 9.62 Å². The molecule has 2 aromatic heterocycles. The van der Waals surface area contributed by atoms with Gasteiger partial charge in [0.2, 0.25) is 0 Å². The molecule has 3 rings (SSSR count). The van der Waals surface area contributed by atoms with E-state index in [0.29, 0.717) is 34.7 Å². The van der Waals surface area contributed by atoms with Crippen LogP contribution in [0.25, 0.3) is 5.70 Å². The number of pyridine rings is 1. The molecule has 1 atom stereocenters. The van der Waals surface area contributed by atoms with Crippen LogP contribution >= 0.6 is 23.3 Å². The first-order valence-corrected chi connectivity index (χ1v) is 11.8. The minimum absolute atomic E-state index is 0.397. The Morgan fingerprint density at radius 2 is 2.21 bits per heavy atom. The molecule has 0 aromatic carbocycles. The molecule has 33 heavy (non-hydrogen) atoms. The summed E-state index contributed by atoms with van der Waals surface area (Å²) in [4.78, 5) is 6.89. The van der Waals surface area contributed by atoms with Crippen LogP contribution in [0.2, 0.25) is 0 Å². The van der Waals surface area contributed by atoms with Crippen molar-refractivity contribution in [2.75, 3.05) is 4.90 Å². The van der Waals surface area contributed by atoms with Gasteiger partial charge >= 0.3 is 6.18 Å².